The molecular weight excluding hydrogens is 312 g/mol. The Morgan fingerprint density at radius 2 is 2.13 bits per heavy atom. The van der Waals surface area contributed by atoms with E-state index >= 15 is 0 Å². The number of para-hydroxylation sites is 1. The van der Waals surface area contributed by atoms with Gasteiger partial charge in [0.15, 0.2) is 0 Å². The minimum Gasteiger partial charge on any atom is -0.384 e. The molecular formula is C18H23ClN2O2. The highest BCUT2D eigenvalue weighted by Crippen LogP contribution is 2.37. The number of aryl methyl sites for hydroxylation is 1. The third-order valence-electron chi connectivity index (χ3n) is 4.98. The highest BCUT2D eigenvalue weighted by molar-refractivity contribution is 6.35. The first-order chi connectivity index (χ1) is 11.1. The number of hydrogen-bond acceptors (Lipinski definition) is 2. The Morgan fingerprint density at radius 1 is 1.39 bits per heavy atom. The van der Waals surface area contributed by atoms with Crippen molar-refractivity contribution in [1.82, 2.24) is 9.88 Å². The topological polar surface area (TPSA) is 43.3 Å². The standard InChI is InChI=1S/C18H23ClN2O2/c1-21-15(10-13-6-5-7-14(19)16(13)21)17(22)20-11-18(12-23-2)8-3-4-9-18/h5-7,10H,3-4,8-9,11-12H2,1-2H3,(H,20,22). The molecule has 124 valence electrons. The number of fused-ring (bicyclic) bond motifs is 1. The number of hydrogen-bond donors (Lipinski definition) is 1. The van der Waals surface area contributed by atoms with E-state index in [0.29, 0.717) is 23.9 Å². The Labute approximate surface area is 141 Å². The monoisotopic (exact) mass is 334 g/mol. The highest BCUT2D eigenvalue weighted by Gasteiger charge is 2.34. The highest BCUT2D eigenvalue weighted by atomic mass is 35.5. The summed E-state index contributed by atoms with van der Waals surface area (Å²) in [4.78, 5) is 12.6. The van der Waals surface area contributed by atoms with E-state index in [1.165, 1.54) is 12.8 Å². The molecule has 1 N–H and O–H groups in total. The van der Waals surface area contributed by atoms with Crippen LogP contribution in [0.2, 0.25) is 5.02 Å². The zero-order valence-corrected chi connectivity index (χ0v) is 14.4. The molecule has 0 radical (unpaired) electrons. The molecule has 0 saturated heterocycles. The molecule has 3 rings (SSSR count). The van der Waals surface area contributed by atoms with Crippen molar-refractivity contribution < 1.29 is 9.53 Å². The summed E-state index contributed by atoms with van der Waals surface area (Å²) in [5.41, 5.74) is 1.62. The number of halogens is 1. The van der Waals surface area contributed by atoms with Gasteiger partial charge in [-0.2, -0.15) is 0 Å². The lowest BCUT2D eigenvalue weighted by Crippen LogP contribution is -2.39. The van der Waals surface area contributed by atoms with Gasteiger partial charge in [0.2, 0.25) is 0 Å². The fourth-order valence-electron chi connectivity index (χ4n) is 3.75. The van der Waals surface area contributed by atoms with Gasteiger partial charge >= 0.3 is 0 Å². The van der Waals surface area contributed by atoms with Gasteiger partial charge in [-0.1, -0.05) is 36.6 Å². The second-order valence-corrected chi connectivity index (χ2v) is 7.00. The lowest BCUT2D eigenvalue weighted by molar-refractivity contribution is 0.0737. The van der Waals surface area contributed by atoms with Gasteiger partial charge in [0.1, 0.15) is 5.69 Å². The molecule has 1 aliphatic rings. The molecule has 1 heterocycles. The average molecular weight is 335 g/mol. The third kappa shape index (κ3) is 3.10. The van der Waals surface area contributed by atoms with E-state index in [1.54, 1.807) is 7.11 Å². The molecule has 0 atom stereocenters. The molecule has 0 aliphatic heterocycles. The number of carbonyl (C=O) groups excluding carboxylic acids is 1. The summed E-state index contributed by atoms with van der Waals surface area (Å²) in [7, 11) is 3.61. The maximum Gasteiger partial charge on any atom is 0.267 e. The summed E-state index contributed by atoms with van der Waals surface area (Å²) >= 11 is 6.26. The zero-order valence-electron chi connectivity index (χ0n) is 13.7. The van der Waals surface area contributed by atoms with Gasteiger partial charge in [-0.05, 0) is 25.0 Å². The van der Waals surface area contributed by atoms with Crippen LogP contribution in [0.1, 0.15) is 36.2 Å². The van der Waals surface area contributed by atoms with Crippen LogP contribution in [-0.2, 0) is 11.8 Å². The van der Waals surface area contributed by atoms with Crippen LogP contribution in [0.3, 0.4) is 0 Å². The molecule has 1 saturated carbocycles. The van der Waals surface area contributed by atoms with E-state index in [0.717, 1.165) is 23.7 Å². The van der Waals surface area contributed by atoms with Gasteiger partial charge in [-0.25, -0.2) is 0 Å². The largest absolute Gasteiger partial charge is 0.384 e. The number of nitrogens with zero attached hydrogens (tertiary/aromatic N) is 1. The fraction of sp³-hybridized carbons (Fsp3) is 0.500. The van der Waals surface area contributed by atoms with E-state index in [-0.39, 0.29) is 11.3 Å². The van der Waals surface area contributed by atoms with Crippen LogP contribution in [0.15, 0.2) is 24.3 Å². The summed E-state index contributed by atoms with van der Waals surface area (Å²) in [6.07, 6.45) is 4.65. The number of ether oxygens (including phenoxy) is 1. The van der Waals surface area contributed by atoms with Crippen LogP contribution in [0.25, 0.3) is 10.9 Å². The Bertz CT molecular complexity index is 717. The number of rotatable bonds is 5. The maximum absolute atomic E-state index is 12.6. The Kier molecular flexibility index (Phi) is 4.64. The first-order valence-electron chi connectivity index (χ1n) is 8.07. The summed E-state index contributed by atoms with van der Waals surface area (Å²) in [6.45, 7) is 1.36. The molecule has 0 unspecified atom stereocenters. The van der Waals surface area contributed by atoms with Crippen LogP contribution in [-0.4, -0.2) is 30.7 Å². The van der Waals surface area contributed by atoms with Crippen molar-refractivity contribution in [2.75, 3.05) is 20.3 Å². The molecule has 0 bridgehead atoms. The van der Waals surface area contributed by atoms with Gasteiger partial charge in [0, 0.05) is 31.5 Å². The normalized spacial score (nSPS) is 16.8. The van der Waals surface area contributed by atoms with E-state index in [4.69, 9.17) is 16.3 Å². The Hall–Kier alpha value is -1.52. The number of methoxy groups -OCH3 is 1. The SMILES string of the molecule is COCC1(CNC(=O)c2cc3cccc(Cl)c3n2C)CCCC1. The quantitative estimate of drug-likeness (QED) is 0.904. The molecule has 23 heavy (non-hydrogen) atoms. The van der Waals surface area contributed by atoms with Crippen LogP contribution in [0, 0.1) is 5.41 Å². The zero-order chi connectivity index (χ0) is 16.4. The number of aromatic nitrogens is 1. The number of nitrogens with one attached hydrogen (secondary N) is 1. The molecule has 1 aliphatic carbocycles. The first-order valence-corrected chi connectivity index (χ1v) is 8.45. The van der Waals surface area contributed by atoms with Gasteiger partial charge in [-0.3, -0.25) is 4.79 Å². The summed E-state index contributed by atoms with van der Waals surface area (Å²) in [5, 5.41) is 4.75. The van der Waals surface area contributed by atoms with Crippen molar-refractivity contribution >= 4 is 28.4 Å². The molecule has 1 amide bonds. The van der Waals surface area contributed by atoms with Crippen LogP contribution < -0.4 is 5.32 Å². The minimum atomic E-state index is -0.0536. The smallest absolute Gasteiger partial charge is 0.267 e. The number of amides is 1. The van der Waals surface area contributed by atoms with Gasteiger partial charge in [0.05, 0.1) is 17.1 Å². The van der Waals surface area contributed by atoms with Crippen molar-refractivity contribution in [2.24, 2.45) is 12.5 Å². The van der Waals surface area contributed by atoms with Crippen molar-refractivity contribution in [3.63, 3.8) is 0 Å². The van der Waals surface area contributed by atoms with Gasteiger partial charge in [0.25, 0.3) is 5.91 Å². The Balaban J connectivity index is 1.78. The predicted molar refractivity (Wildman–Crippen MR) is 93.0 cm³/mol. The van der Waals surface area contributed by atoms with Crippen molar-refractivity contribution in [3.05, 3.63) is 35.0 Å². The molecule has 5 heteroatoms. The van der Waals surface area contributed by atoms with Crippen molar-refractivity contribution in [3.8, 4) is 0 Å². The number of carbonyl (C=O) groups is 1. The van der Waals surface area contributed by atoms with E-state index in [9.17, 15) is 4.79 Å². The second kappa shape index (κ2) is 6.54. The molecule has 1 aromatic heterocycles. The lowest BCUT2D eigenvalue weighted by atomic mass is 9.87. The van der Waals surface area contributed by atoms with E-state index < -0.39 is 0 Å². The number of benzene rings is 1. The maximum atomic E-state index is 12.6. The minimum absolute atomic E-state index is 0.0536. The summed E-state index contributed by atoms with van der Waals surface area (Å²) in [5.74, 6) is -0.0536. The lowest BCUT2D eigenvalue weighted by Gasteiger charge is -2.28. The average Bonchev–Trinajstić information content (AvgIpc) is 3.12. The van der Waals surface area contributed by atoms with E-state index in [2.05, 4.69) is 5.32 Å². The van der Waals surface area contributed by atoms with Gasteiger partial charge in [-0.15, -0.1) is 0 Å². The molecule has 1 fully saturated rings. The van der Waals surface area contributed by atoms with Gasteiger partial charge < -0.3 is 14.6 Å². The fourth-order valence-corrected chi connectivity index (χ4v) is 4.06. The van der Waals surface area contributed by atoms with Crippen LogP contribution in [0.5, 0.6) is 0 Å². The van der Waals surface area contributed by atoms with Crippen LogP contribution >= 0.6 is 11.6 Å². The Morgan fingerprint density at radius 3 is 2.78 bits per heavy atom. The molecule has 1 aromatic carbocycles. The second-order valence-electron chi connectivity index (χ2n) is 6.59. The van der Waals surface area contributed by atoms with E-state index in [1.807, 2.05) is 35.9 Å². The summed E-state index contributed by atoms with van der Waals surface area (Å²) in [6, 6.07) is 7.62. The predicted octanol–water partition coefficient (Wildman–Crippen LogP) is 3.77. The third-order valence-corrected chi connectivity index (χ3v) is 5.28. The van der Waals surface area contributed by atoms with Crippen molar-refractivity contribution in [1.29, 1.82) is 0 Å². The molecule has 4 nitrogen and oxygen atoms in total. The molecule has 0 spiro atoms. The van der Waals surface area contributed by atoms with Crippen LogP contribution in [0.4, 0.5) is 0 Å². The molecule has 2 aromatic rings. The summed E-state index contributed by atoms with van der Waals surface area (Å²) < 4.78 is 7.25. The first kappa shape index (κ1) is 16.3. The van der Waals surface area contributed by atoms with Crippen molar-refractivity contribution in [2.45, 2.75) is 25.7 Å².